The second-order valence-electron chi connectivity index (χ2n) is 4.02. The molecule has 1 aromatic carbocycles. The van der Waals surface area contributed by atoms with Gasteiger partial charge in [0.25, 0.3) is 0 Å². The molecular weight excluding hydrogens is 272 g/mol. The van der Waals surface area contributed by atoms with E-state index in [1.165, 1.54) is 12.1 Å². The van der Waals surface area contributed by atoms with Crippen molar-refractivity contribution in [1.29, 1.82) is 0 Å². The molecule has 6 nitrogen and oxygen atoms in total. The lowest BCUT2D eigenvalue weighted by Crippen LogP contribution is -2.20. The van der Waals surface area contributed by atoms with Gasteiger partial charge in [-0.25, -0.2) is 0 Å². The molecule has 1 rings (SSSR count). The third-order valence-electron chi connectivity index (χ3n) is 2.50. The maximum Gasteiger partial charge on any atom is 0.249 e. The van der Waals surface area contributed by atoms with Crippen LogP contribution in [0, 0.1) is 0 Å². The third-order valence-corrected chi connectivity index (χ3v) is 2.50. The summed E-state index contributed by atoms with van der Waals surface area (Å²) >= 11 is 0. The molecule has 4 N–H and O–H groups in total. The van der Waals surface area contributed by atoms with Gasteiger partial charge in [0.2, 0.25) is 11.8 Å². The van der Waals surface area contributed by atoms with Crippen LogP contribution in [0.5, 0.6) is 0 Å². The third kappa shape index (κ3) is 7.43. The van der Waals surface area contributed by atoms with Crippen LogP contribution in [0.4, 0.5) is 0 Å². The Morgan fingerprint density at radius 2 is 1.33 bits per heavy atom. The topological polar surface area (TPSA) is 105 Å². The number of benzene rings is 1. The Labute approximate surface area is 125 Å². The molecular formula is C15H24N2O4. The summed E-state index contributed by atoms with van der Waals surface area (Å²) in [4.78, 5) is 21.5. The molecule has 2 amide bonds. The number of hydrogen-bond donors (Lipinski definition) is 2. The zero-order valence-corrected chi connectivity index (χ0v) is 12.8. The molecule has 0 aliphatic heterocycles. The first kappa shape index (κ1) is 19.1. The van der Waals surface area contributed by atoms with Gasteiger partial charge in [0.05, 0.1) is 11.1 Å². The van der Waals surface area contributed by atoms with E-state index in [1.54, 1.807) is 12.1 Å². The summed E-state index contributed by atoms with van der Waals surface area (Å²) in [6, 6.07) is 6.16. The molecule has 0 radical (unpaired) electrons. The van der Waals surface area contributed by atoms with Crippen LogP contribution in [0.1, 0.15) is 47.9 Å². The maximum absolute atomic E-state index is 10.7. The minimum absolute atomic E-state index is 0.0139. The van der Waals surface area contributed by atoms with Crippen LogP contribution in [-0.4, -0.2) is 31.3 Å². The maximum atomic E-state index is 10.7. The van der Waals surface area contributed by atoms with Gasteiger partial charge in [-0.15, -0.1) is 0 Å². The Balaban J connectivity index is 0.000000400. The van der Waals surface area contributed by atoms with Crippen LogP contribution in [0.2, 0.25) is 0 Å². The Morgan fingerprint density at radius 3 is 1.57 bits per heavy atom. The van der Waals surface area contributed by atoms with E-state index in [0.29, 0.717) is 0 Å². The normalized spacial score (nSPS) is 9.90. The molecule has 0 aliphatic carbocycles. The smallest absolute Gasteiger partial charge is 0.249 e. The first-order valence-corrected chi connectivity index (χ1v) is 6.89. The Morgan fingerprint density at radius 1 is 0.952 bits per heavy atom. The van der Waals surface area contributed by atoms with E-state index < -0.39 is 11.8 Å². The van der Waals surface area contributed by atoms with E-state index in [4.69, 9.17) is 20.9 Å². The van der Waals surface area contributed by atoms with Gasteiger partial charge in [-0.05, 0) is 32.4 Å². The molecule has 118 valence electrons. The Kier molecular flexibility index (Phi) is 9.83. The fourth-order valence-electron chi connectivity index (χ4n) is 1.57. The lowest BCUT2D eigenvalue weighted by atomic mass is 10.1. The molecule has 0 saturated heterocycles. The molecule has 0 unspecified atom stereocenters. The van der Waals surface area contributed by atoms with Crippen LogP contribution in [0.25, 0.3) is 0 Å². The predicted molar refractivity (Wildman–Crippen MR) is 80.8 cm³/mol. The fraction of sp³-hybridized carbons (Fsp3) is 0.467. The van der Waals surface area contributed by atoms with Gasteiger partial charge in [0, 0.05) is 13.2 Å². The van der Waals surface area contributed by atoms with Crippen LogP contribution in [0.15, 0.2) is 24.3 Å². The molecule has 0 aromatic heterocycles. The van der Waals surface area contributed by atoms with E-state index >= 15 is 0 Å². The van der Waals surface area contributed by atoms with Gasteiger partial charge in [-0.3, -0.25) is 9.59 Å². The van der Waals surface area contributed by atoms with Crippen molar-refractivity contribution in [2.24, 2.45) is 11.5 Å². The molecule has 0 fully saturated rings. The zero-order valence-electron chi connectivity index (χ0n) is 12.8. The summed E-state index contributed by atoms with van der Waals surface area (Å²) in [5, 5.41) is 0. The molecule has 0 aliphatic rings. The van der Waals surface area contributed by atoms with Crippen molar-refractivity contribution in [3.05, 3.63) is 35.4 Å². The number of carbonyl (C=O) groups excluding carboxylic acids is 2. The van der Waals surface area contributed by atoms with Gasteiger partial charge >= 0.3 is 0 Å². The lowest BCUT2D eigenvalue weighted by molar-refractivity contribution is -0.136. The summed E-state index contributed by atoms with van der Waals surface area (Å²) in [5.41, 5.74) is 10.3. The molecule has 6 heteroatoms. The highest BCUT2D eigenvalue weighted by molar-refractivity contribution is 6.06. The molecule has 1 aromatic rings. The summed E-state index contributed by atoms with van der Waals surface area (Å²) in [5.74, 6) is -1.30. The van der Waals surface area contributed by atoms with Crippen LogP contribution < -0.4 is 11.5 Å². The monoisotopic (exact) mass is 296 g/mol. The van der Waals surface area contributed by atoms with Crippen molar-refractivity contribution >= 4 is 11.8 Å². The minimum Gasteiger partial charge on any atom is -0.366 e. The van der Waals surface area contributed by atoms with Crippen molar-refractivity contribution in [3.8, 4) is 0 Å². The SMILES string of the molecule is CCOC(CC)OCC.NC(=O)c1ccccc1C(N)=O. The summed E-state index contributed by atoms with van der Waals surface area (Å²) in [7, 11) is 0. The second-order valence-corrected chi connectivity index (χ2v) is 4.02. The number of nitrogens with two attached hydrogens (primary N) is 2. The first-order valence-electron chi connectivity index (χ1n) is 6.89. The van der Waals surface area contributed by atoms with E-state index in [1.807, 2.05) is 13.8 Å². The molecule has 0 heterocycles. The van der Waals surface area contributed by atoms with Gasteiger partial charge in [-0.1, -0.05) is 19.1 Å². The van der Waals surface area contributed by atoms with E-state index in [0.717, 1.165) is 19.6 Å². The predicted octanol–water partition coefficient (Wildman–Crippen LogP) is 1.68. The summed E-state index contributed by atoms with van der Waals surface area (Å²) in [6.45, 7) is 7.47. The Bertz CT molecular complexity index is 410. The standard InChI is InChI=1S/C8H8N2O2.C7H16O2/c9-7(11)5-3-1-2-4-6(5)8(10)12;1-4-7(8-5-2)9-6-3/h1-4H,(H2,9,11)(H2,10,12);7H,4-6H2,1-3H3. The Hall–Kier alpha value is -1.92. The number of amides is 2. The summed E-state index contributed by atoms with van der Waals surface area (Å²) in [6.07, 6.45) is 0.946. The molecule has 0 saturated carbocycles. The van der Waals surface area contributed by atoms with E-state index in [-0.39, 0.29) is 17.4 Å². The highest BCUT2D eigenvalue weighted by Gasteiger charge is 2.10. The largest absolute Gasteiger partial charge is 0.366 e. The fourth-order valence-corrected chi connectivity index (χ4v) is 1.57. The van der Waals surface area contributed by atoms with E-state index in [2.05, 4.69) is 6.92 Å². The molecule has 21 heavy (non-hydrogen) atoms. The summed E-state index contributed by atoms with van der Waals surface area (Å²) < 4.78 is 10.4. The number of ether oxygens (including phenoxy) is 2. The van der Waals surface area contributed by atoms with Crippen LogP contribution in [0.3, 0.4) is 0 Å². The van der Waals surface area contributed by atoms with Crippen LogP contribution >= 0.6 is 0 Å². The van der Waals surface area contributed by atoms with Crippen molar-refractivity contribution in [2.75, 3.05) is 13.2 Å². The number of carbonyl (C=O) groups is 2. The van der Waals surface area contributed by atoms with Crippen molar-refractivity contribution in [1.82, 2.24) is 0 Å². The van der Waals surface area contributed by atoms with Gasteiger partial charge in [0.15, 0.2) is 6.29 Å². The average Bonchev–Trinajstić information content (AvgIpc) is 2.47. The molecule has 0 spiro atoms. The van der Waals surface area contributed by atoms with E-state index in [9.17, 15) is 9.59 Å². The number of hydrogen-bond acceptors (Lipinski definition) is 4. The highest BCUT2D eigenvalue weighted by Crippen LogP contribution is 2.06. The highest BCUT2D eigenvalue weighted by atomic mass is 16.7. The second kappa shape index (κ2) is 10.8. The van der Waals surface area contributed by atoms with Gasteiger partial charge in [0.1, 0.15) is 0 Å². The van der Waals surface area contributed by atoms with Gasteiger partial charge in [-0.2, -0.15) is 0 Å². The van der Waals surface area contributed by atoms with Crippen molar-refractivity contribution in [3.63, 3.8) is 0 Å². The number of primary amides is 2. The molecule has 0 atom stereocenters. The quantitative estimate of drug-likeness (QED) is 0.747. The van der Waals surface area contributed by atoms with Gasteiger partial charge < -0.3 is 20.9 Å². The number of rotatable bonds is 7. The minimum atomic E-state index is -0.649. The van der Waals surface area contributed by atoms with Crippen LogP contribution in [-0.2, 0) is 9.47 Å². The zero-order chi connectivity index (χ0) is 16.3. The van der Waals surface area contributed by atoms with Crippen molar-refractivity contribution in [2.45, 2.75) is 33.5 Å². The average molecular weight is 296 g/mol. The lowest BCUT2D eigenvalue weighted by Gasteiger charge is -2.13. The first-order chi connectivity index (χ1) is 9.97. The van der Waals surface area contributed by atoms with Crippen molar-refractivity contribution < 1.29 is 19.1 Å². The molecule has 0 bridgehead atoms.